The van der Waals surface area contributed by atoms with E-state index >= 15 is 0 Å². The van der Waals surface area contributed by atoms with Gasteiger partial charge >= 0.3 is 0 Å². The SMILES string of the molecule is CN=C(N)[NH+]1CCC(CNCCO)C2(C1)C1CCC3CCCCC(=O)C4(O)CC32C(=C4C(=O)[O-])C1. The molecule has 0 amide bonds. The van der Waals surface area contributed by atoms with Crippen LogP contribution in [0.2, 0.25) is 0 Å². The minimum Gasteiger partial charge on any atom is -0.545 e. The highest BCUT2D eigenvalue weighted by Crippen LogP contribution is 2.77. The number of aliphatic hydroxyl groups is 2. The van der Waals surface area contributed by atoms with Crippen LogP contribution in [-0.2, 0) is 9.59 Å². The molecule has 194 valence electrons. The summed E-state index contributed by atoms with van der Waals surface area (Å²) < 4.78 is 0. The van der Waals surface area contributed by atoms with Crippen LogP contribution in [0.15, 0.2) is 16.1 Å². The van der Waals surface area contributed by atoms with Crippen LogP contribution in [0.4, 0.5) is 0 Å². The van der Waals surface area contributed by atoms with E-state index in [4.69, 9.17) is 5.73 Å². The number of carboxylic acids is 1. The number of ketones is 1. The van der Waals surface area contributed by atoms with Crippen molar-refractivity contribution in [2.24, 2.45) is 39.3 Å². The second-order valence-electron chi connectivity index (χ2n) is 11.6. The van der Waals surface area contributed by atoms with Gasteiger partial charge in [-0.05, 0) is 62.8 Å². The van der Waals surface area contributed by atoms with Crippen LogP contribution in [0, 0.1) is 28.6 Å². The van der Waals surface area contributed by atoms with Gasteiger partial charge in [-0.3, -0.25) is 9.69 Å². The van der Waals surface area contributed by atoms with Gasteiger partial charge in [-0.15, -0.1) is 0 Å². The monoisotopic (exact) mass is 488 g/mol. The molecule has 5 aliphatic rings. The molecule has 1 heterocycles. The van der Waals surface area contributed by atoms with Crippen molar-refractivity contribution in [3.63, 3.8) is 0 Å². The summed E-state index contributed by atoms with van der Waals surface area (Å²) in [6.45, 7) is 2.81. The lowest BCUT2D eigenvalue weighted by Gasteiger charge is -2.61. The number of carbonyl (C=O) groups excluding carboxylic acids is 2. The Kier molecular flexibility index (Phi) is 6.35. The Hall–Kier alpha value is -1.81. The summed E-state index contributed by atoms with van der Waals surface area (Å²) in [6.07, 6.45) is 6.36. The van der Waals surface area contributed by atoms with E-state index in [1.807, 2.05) is 0 Å². The first kappa shape index (κ1) is 24.9. The molecule has 4 fully saturated rings. The molecule has 1 saturated heterocycles. The number of aliphatic carboxylic acids is 1. The van der Waals surface area contributed by atoms with Crippen molar-refractivity contribution in [1.29, 1.82) is 0 Å². The van der Waals surface area contributed by atoms with Gasteiger partial charge in [0.2, 0.25) is 0 Å². The number of hydrogen-bond acceptors (Lipinski definition) is 7. The first-order valence-corrected chi connectivity index (χ1v) is 13.4. The number of piperidine rings is 1. The smallest absolute Gasteiger partial charge is 0.293 e. The molecule has 0 radical (unpaired) electrons. The molecule has 4 aliphatic carbocycles. The topological polar surface area (TPSA) is 153 Å². The molecule has 0 aromatic heterocycles. The minimum absolute atomic E-state index is 0.0535. The van der Waals surface area contributed by atoms with Crippen LogP contribution in [0.3, 0.4) is 0 Å². The van der Waals surface area contributed by atoms with Gasteiger partial charge in [-0.2, -0.15) is 0 Å². The number of nitrogens with one attached hydrogen (secondary N) is 2. The third kappa shape index (κ3) is 3.31. The Labute approximate surface area is 206 Å². The number of carbonyl (C=O) groups is 2. The number of Topliss-reactive ketones (excluding diaryl/α,β-unsaturated/α-hetero) is 1. The van der Waals surface area contributed by atoms with Crippen molar-refractivity contribution in [1.82, 2.24) is 5.32 Å². The zero-order valence-corrected chi connectivity index (χ0v) is 20.8. The maximum absolute atomic E-state index is 13.4. The van der Waals surface area contributed by atoms with Crippen molar-refractivity contribution < 1.29 is 29.8 Å². The lowest BCUT2D eigenvalue weighted by Crippen LogP contribution is -3.19. The van der Waals surface area contributed by atoms with Crippen molar-refractivity contribution in [2.75, 3.05) is 39.8 Å². The summed E-state index contributed by atoms with van der Waals surface area (Å²) in [5.41, 5.74) is 4.20. The first-order valence-electron chi connectivity index (χ1n) is 13.4. The summed E-state index contributed by atoms with van der Waals surface area (Å²) in [4.78, 5) is 31.4. The van der Waals surface area contributed by atoms with Gasteiger partial charge in [0.25, 0.3) is 5.96 Å². The number of likely N-dealkylation sites (tertiary alicyclic amines) is 1. The summed E-state index contributed by atoms with van der Waals surface area (Å²) in [5, 5.41) is 37.3. The number of aliphatic imine (C=N–C) groups is 1. The van der Waals surface area contributed by atoms with E-state index < -0.39 is 17.0 Å². The number of nitrogens with zero attached hydrogens (tertiary/aromatic N) is 1. The Morgan fingerprint density at radius 1 is 1.26 bits per heavy atom. The fourth-order valence-corrected chi connectivity index (χ4v) is 9.38. The van der Waals surface area contributed by atoms with Crippen LogP contribution < -0.4 is 21.1 Å². The third-order valence-corrected chi connectivity index (χ3v) is 10.5. The molecule has 0 aromatic rings. The Bertz CT molecular complexity index is 965. The first-order chi connectivity index (χ1) is 16.8. The van der Waals surface area contributed by atoms with E-state index in [2.05, 4.69) is 10.3 Å². The number of carboxylic acid groups (broad SMARTS) is 1. The molecule has 9 nitrogen and oxygen atoms in total. The predicted octanol–water partition coefficient (Wildman–Crippen LogP) is -1.86. The average Bonchev–Trinajstić information content (AvgIpc) is 3.19. The fraction of sp³-hybridized carbons (Fsp3) is 0.808. The number of allylic oxidation sites excluding steroid dienone is 1. The maximum Gasteiger partial charge on any atom is 0.293 e. The zero-order valence-electron chi connectivity index (χ0n) is 20.8. The van der Waals surface area contributed by atoms with Crippen LogP contribution >= 0.6 is 0 Å². The molecule has 3 bridgehead atoms. The number of rotatable bonds is 5. The highest BCUT2D eigenvalue weighted by atomic mass is 16.4. The number of hydrogen-bond donors (Lipinski definition) is 5. The maximum atomic E-state index is 13.4. The van der Waals surface area contributed by atoms with E-state index in [1.165, 1.54) is 0 Å². The van der Waals surface area contributed by atoms with E-state index in [0.717, 1.165) is 55.7 Å². The standard InChI is InChI=1S/C26H40N4O5/c1-28-23(27)30-10-8-18(13-29-9-11-31)25(15-30)17-7-6-16-4-2-3-5-20(32)26(35)14-24(16,25)19(12-17)21(26)22(33)34/h16-18,29,31,35H,2-15H2,1H3,(H2,27,28)(H,33,34). The summed E-state index contributed by atoms with van der Waals surface area (Å²) in [7, 11) is 1.70. The second-order valence-corrected chi connectivity index (χ2v) is 11.6. The Morgan fingerprint density at radius 3 is 2.74 bits per heavy atom. The third-order valence-electron chi connectivity index (χ3n) is 10.5. The van der Waals surface area contributed by atoms with Crippen molar-refractivity contribution in [3.8, 4) is 0 Å². The molecular formula is C26H40N4O5. The quantitative estimate of drug-likeness (QED) is 0.173. The van der Waals surface area contributed by atoms with Crippen LogP contribution in [0.25, 0.3) is 0 Å². The van der Waals surface area contributed by atoms with Gasteiger partial charge in [-0.25, -0.2) is 4.99 Å². The summed E-state index contributed by atoms with van der Waals surface area (Å²) >= 11 is 0. The molecule has 6 N–H and O–H groups in total. The molecule has 1 aliphatic heterocycles. The Morgan fingerprint density at radius 2 is 2.03 bits per heavy atom. The molecule has 3 saturated carbocycles. The van der Waals surface area contributed by atoms with E-state index in [-0.39, 0.29) is 54.0 Å². The Balaban J connectivity index is 1.73. The van der Waals surface area contributed by atoms with E-state index in [1.54, 1.807) is 7.05 Å². The lowest BCUT2D eigenvalue weighted by molar-refractivity contribution is -0.828. The molecule has 0 aromatic carbocycles. The summed E-state index contributed by atoms with van der Waals surface area (Å²) in [6, 6.07) is 0. The van der Waals surface area contributed by atoms with Crippen LogP contribution in [0.5, 0.6) is 0 Å². The van der Waals surface area contributed by atoms with E-state index in [9.17, 15) is 24.9 Å². The zero-order chi connectivity index (χ0) is 25.0. The van der Waals surface area contributed by atoms with Crippen LogP contribution in [0.1, 0.15) is 57.8 Å². The van der Waals surface area contributed by atoms with Gasteiger partial charge in [0.15, 0.2) is 11.4 Å². The van der Waals surface area contributed by atoms with Crippen molar-refractivity contribution in [2.45, 2.75) is 63.4 Å². The second kappa shape index (κ2) is 8.94. The molecular weight excluding hydrogens is 448 g/mol. The molecule has 35 heavy (non-hydrogen) atoms. The number of quaternary nitrogens is 1. The number of aliphatic hydroxyl groups excluding tert-OH is 1. The van der Waals surface area contributed by atoms with Gasteiger partial charge in [0, 0.05) is 42.8 Å². The average molecular weight is 489 g/mol. The normalized spacial score (nSPS) is 43.3. The number of guanidine groups is 1. The minimum atomic E-state index is -1.98. The van der Waals surface area contributed by atoms with Crippen molar-refractivity contribution in [3.05, 3.63) is 11.1 Å². The van der Waals surface area contributed by atoms with E-state index in [0.29, 0.717) is 31.9 Å². The molecule has 5 rings (SSSR count). The number of nitrogens with two attached hydrogens (primary N) is 1. The van der Waals surface area contributed by atoms with Gasteiger partial charge < -0.3 is 31.2 Å². The summed E-state index contributed by atoms with van der Waals surface area (Å²) in [5.74, 6) is -0.512. The predicted molar refractivity (Wildman–Crippen MR) is 127 cm³/mol. The largest absolute Gasteiger partial charge is 0.545 e. The lowest BCUT2D eigenvalue weighted by atomic mass is 9.44. The molecule has 2 spiro atoms. The van der Waals surface area contributed by atoms with Crippen molar-refractivity contribution >= 4 is 17.7 Å². The number of fused-ring (bicyclic) bond motifs is 1. The van der Waals surface area contributed by atoms with Crippen LogP contribution in [-0.4, -0.2) is 73.4 Å². The fourth-order valence-electron chi connectivity index (χ4n) is 9.38. The highest BCUT2D eigenvalue weighted by molar-refractivity contribution is 6.03. The van der Waals surface area contributed by atoms with Gasteiger partial charge in [0.05, 0.1) is 25.7 Å². The highest BCUT2D eigenvalue weighted by Gasteiger charge is 2.77. The van der Waals surface area contributed by atoms with Gasteiger partial charge in [0.1, 0.15) is 0 Å². The molecule has 7 unspecified atom stereocenters. The molecule has 7 atom stereocenters. The molecule has 9 heteroatoms. The van der Waals surface area contributed by atoms with Gasteiger partial charge in [-0.1, -0.05) is 12.0 Å².